The van der Waals surface area contributed by atoms with Gasteiger partial charge in [-0.2, -0.15) is 0 Å². The van der Waals surface area contributed by atoms with E-state index in [4.69, 9.17) is 15.2 Å². The highest BCUT2D eigenvalue weighted by Gasteiger charge is 2.25. The highest BCUT2D eigenvalue weighted by Crippen LogP contribution is 2.29. The van der Waals surface area contributed by atoms with E-state index in [2.05, 4.69) is 33.0 Å². The maximum atomic E-state index is 6.05. The minimum atomic E-state index is 0.112. The molecular weight excluding hydrogens is 356 g/mol. The van der Waals surface area contributed by atoms with Crippen LogP contribution in [0.1, 0.15) is 31.2 Å². The van der Waals surface area contributed by atoms with Crippen LogP contribution < -0.4 is 10.5 Å². The van der Waals surface area contributed by atoms with E-state index in [-0.39, 0.29) is 12.2 Å². The Morgan fingerprint density at radius 2 is 1.96 bits per heavy atom. The van der Waals surface area contributed by atoms with Gasteiger partial charge in [0.25, 0.3) is 0 Å². The van der Waals surface area contributed by atoms with Gasteiger partial charge in [-0.25, -0.2) is 4.98 Å². The Hall–Kier alpha value is -1.59. The van der Waals surface area contributed by atoms with Crippen molar-refractivity contribution >= 4 is 21.6 Å². The molecule has 2 aromatic rings. The predicted octanol–water partition coefficient (Wildman–Crippen LogP) is 4.33. The molecule has 3 rings (SSSR count). The molecule has 1 aliphatic rings. The summed E-state index contributed by atoms with van der Waals surface area (Å²) in [6.07, 6.45) is 6.12. The molecule has 2 atom stereocenters. The fraction of sp³-hybridized carbons (Fsp3) is 0.389. The van der Waals surface area contributed by atoms with Gasteiger partial charge in [-0.1, -0.05) is 30.3 Å². The first-order valence-electron chi connectivity index (χ1n) is 7.94. The average Bonchev–Trinajstić information content (AvgIpc) is 2.57. The fourth-order valence-electron chi connectivity index (χ4n) is 2.85. The molecule has 1 saturated carbocycles. The van der Waals surface area contributed by atoms with Gasteiger partial charge in [-0.3, -0.25) is 0 Å². The average molecular weight is 377 g/mol. The SMILES string of the molecule is Nc1cc(Br)cnc1O[C@@H]1CCC[C@@H](OCc2ccccc2)C1. The minimum absolute atomic E-state index is 0.112. The van der Waals surface area contributed by atoms with Crippen LogP contribution in [0.4, 0.5) is 5.69 Å². The van der Waals surface area contributed by atoms with E-state index in [1.54, 1.807) is 6.20 Å². The van der Waals surface area contributed by atoms with Crippen LogP contribution >= 0.6 is 15.9 Å². The summed E-state index contributed by atoms with van der Waals surface area (Å²) in [5.41, 5.74) is 7.72. The number of nitrogen functional groups attached to an aromatic ring is 1. The van der Waals surface area contributed by atoms with Gasteiger partial charge in [-0.15, -0.1) is 0 Å². The molecular formula is C18H21BrN2O2. The highest BCUT2D eigenvalue weighted by molar-refractivity contribution is 9.10. The highest BCUT2D eigenvalue weighted by atomic mass is 79.9. The van der Waals surface area contributed by atoms with Crippen molar-refractivity contribution in [3.63, 3.8) is 0 Å². The molecule has 122 valence electrons. The number of benzene rings is 1. The van der Waals surface area contributed by atoms with Gasteiger partial charge >= 0.3 is 0 Å². The predicted molar refractivity (Wildman–Crippen MR) is 94.3 cm³/mol. The van der Waals surface area contributed by atoms with Gasteiger partial charge in [0.05, 0.1) is 18.4 Å². The van der Waals surface area contributed by atoms with Crippen LogP contribution in [0, 0.1) is 0 Å². The van der Waals surface area contributed by atoms with Gasteiger partial charge in [0.2, 0.25) is 5.88 Å². The molecule has 1 fully saturated rings. The maximum absolute atomic E-state index is 6.05. The number of rotatable bonds is 5. The Kier molecular flexibility index (Phi) is 5.51. The van der Waals surface area contributed by atoms with Crippen molar-refractivity contribution < 1.29 is 9.47 Å². The van der Waals surface area contributed by atoms with Crippen molar-refractivity contribution in [2.45, 2.75) is 44.5 Å². The molecule has 4 nitrogen and oxygen atoms in total. The summed E-state index contributed by atoms with van der Waals surface area (Å²) in [6, 6.07) is 12.1. The third-order valence-electron chi connectivity index (χ3n) is 4.03. The van der Waals surface area contributed by atoms with Crippen LogP contribution in [0.15, 0.2) is 47.1 Å². The summed E-state index contributed by atoms with van der Waals surface area (Å²) < 4.78 is 12.9. The van der Waals surface area contributed by atoms with Crippen LogP contribution in [0.5, 0.6) is 5.88 Å². The summed E-state index contributed by atoms with van der Waals surface area (Å²) >= 11 is 3.36. The molecule has 0 saturated heterocycles. The van der Waals surface area contributed by atoms with E-state index < -0.39 is 0 Å². The van der Waals surface area contributed by atoms with Crippen molar-refractivity contribution in [3.05, 3.63) is 52.6 Å². The monoisotopic (exact) mass is 376 g/mol. The molecule has 0 spiro atoms. The van der Waals surface area contributed by atoms with Crippen molar-refractivity contribution in [1.29, 1.82) is 0 Å². The van der Waals surface area contributed by atoms with Crippen molar-refractivity contribution in [2.24, 2.45) is 0 Å². The minimum Gasteiger partial charge on any atom is -0.473 e. The Morgan fingerprint density at radius 3 is 2.74 bits per heavy atom. The number of pyridine rings is 1. The second kappa shape index (κ2) is 7.79. The van der Waals surface area contributed by atoms with Crippen molar-refractivity contribution in [3.8, 4) is 5.88 Å². The first-order valence-corrected chi connectivity index (χ1v) is 8.73. The van der Waals surface area contributed by atoms with Crippen LogP contribution in [0.2, 0.25) is 0 Å². The lowest BCUT2D eigenvalue weighted by Gasteiger charge is -2.29. The lowest BCUT2D eigenvalue weighted by Crippen LogP contribution is -2.30. The van der Waals surface area contributed by atoms with Crippen LogP contribution in [0.3, 0.4) is 0 Å². The number of nitrogens with zero attached hydrogens (tertiary/aromatic N) is 1. The Labute approximate surface area is 145 Å². The number of halogens is 1. The molecule has 2 N–H and O–H groups in total. The van der Waals surface area contributed by atoms with Crippen LogP contribution in [-0.4, -0.2) is 17.2 Å². The smallest absolute Gasteiger partial charge is 0.237 e. The van der Waals surface area contributed by atoms with Gasteiger partial charge in [0.1, 0.15) is 6.10 Å². The van der Waals surface area contributed by atoms with Gasteiger partial charge in [0, 0.05) is 17.1 Å². The second-order valence-electron chi connectivity index (χ2n) is 5.87. The molecule has 0 bridgehead atoms. The Bertz CT molecular complexity index is 636. The summed E-state index contributed by atoms with van der Waals surface area (Å²) in [5.74, 6) is 0.516. The van der Waals surface area contributed by atoms with E-state index >= 15 is 0 Å². The third kappa shape index (κ3) is 4.69. The van der Waals surface area contributed by atoms with E-state index in [0.29, 0.717) is 18.2 Å². The quantitative estimate of drug-likeness (QED) is 0.843. The van der Waals surface area contributed by atoms with E-state index in [1.165, 1.54) is 5.56 Å². The number of nitrogens with two attached hydrogens (primary N) is 1. The van der Waals surface area contributed by atoms with Gasteiger partial charge in [-0.05, 0) is 46.8 Å². The van der Waals surface area contributed by atoms with Gasteiger partial charge < -0.3 is 15.2 Å². The molecule has 0 radical (unpaired) electrons. The molecule has 1 aromatic heterocycles. The van der Waals surface area contributed by atoms with Gasteiger partial charge in [0.15, 0.2) is 0 Å². The number of hydrogen-bond donors (Lipinski definition) is 1. The lowest BCUT2D eigenvalue weighted by molar-refractivity contribution is -0.0170. The zero-order valence-corrected chi connectivity index (χ0v) is 14.5. The maximum Gasteiger partial charge on any atom is 0.237 e. The molecule has 0 unspecified atom stereocenters. The van der Waals surface area contributed by atoms with Crippen molar-refractivity contribution in [2.75, 3.05) is 5.73 Å². The van der Waals surface area contributed by atoms with Crippen LogP contribution in [0.25, 0.3) is 0 Å². The zero-order chi connectivity index (χ0) is 16.1. The van der Waals surface area contributed by atoms with Crippen LogP contribution in [-0.2, 0) is 11.3 Å². The summed E-state index contributed by atoms with van der Waals surface area (Å²) in [7, 11) is 0. The second-order valence-corrected chi connectivity index (χ2v) is 6.79. The number of anilines is 1. The Morgan fingerprint density at radius 1 is 1.17 bits per heavy atom. The first-order chi connectivity index (χ1) is 11.2. The molecule has 1 heterocycles. The normalized spacial score (nSPS) is 21.1. The molecule has 23 heavy (non-hydrogen) atoms. The first kappa shape index (κ1) is 16.3. The van der Waals surface area contributed by atoms with E-state index in [9.17, 15) is 0 Å². The zero-order valence-electron chi connectivity index (χ0n) is 13.0. The number of hydrogen-bond acceptors (Lipinski definition) is 4. The molecule has 5 heteroatoms. The van der Waals surface area contributed by atoms with E-state index in [1.807, 2.05) is 24.3 Å². The molecule has 0 amide bonds. The number of aromatic nitrogens is 1. The molecule has 1 aromatic carbocycles. The molecule has 1 aliphatic carbocycles. The lowest BCUT2D eigenvalue weighted by atomic mass is 9.95. The third-order valence-corrected chi connectivity index (χ3v) is 4.46. The summed E-state index contributed by atoms with van der Waals surface area (Å²) in [5, 5.41) is 0. The van der Waals surface area contributed by atoms with E-state index in [0.717, 1.165) is 30.2 Å². The topological polar surface area (TPSA) is 57.4 Å². The Balaban J connectivity index is 1.53. The molecule has 0 aliphatic heterocycles. The number of ether oxygens (including phenoxy) is 2. The summed E-state index contributed by atoms with van der Waals surface area (Å²) in [4.78, 5) is 4.26. The fourth-order valence-corrected chi connectivity index (χ4v) is 3.20. The standard InChI is InChI=1S/C18H21BrN2O2/c19-14-9-17(20)18(21-11-14)23-16-8-4-7-15(10-16)22-12-13-5-2-1-3-6-13/h1-3,5-6,9,11,15-16H,4,7-8,10,12,20H2/t15-,16-/m1/s1. The summed E-state index contributed by atoms with van der Waals surface area (Å²) in [6.45, 7) is 0.650. The largest absolute Gasteiger partial charge is 0.473 e. The van der Waals surface area contributed by atoms with Crippen molar-refractivity contribution in [1.82, 2.24) is 4.98 Å².